The minimum atomic E-state index is -0.102. The van der Waals surface area contributed by atoms with E-state index in [0.717, 1.165) is 30.8 Å². The van der Waals surface area contributed by atoms with Crippen LogP contribution < -0.4 is 15.0 Å². The van der Waals surface area contributed by atoms with Crippen LogP contribution in [0.1, 0.15) is 50.0 Å². The second-order valence-electron chi connectivity index (χ2n) is 6.44. The lowest BCUT2D eigenvalue weighted by Gasteiger charge is -2.22. The van der Waals surface area contributed by atoms with Crippen molar-refractivity contribution in [2.24, 2.45) is 0 Å². The smallest absolute Gasteiger partial charge is 0.251 e. The predicted molar refractivity (Wildman–Crippen MR) is 106 cm³/mol. The van der Waals surface area contributed by atoms with Crippen LogP contribution in [0.3, 0.4) is 0 Å². The number of hydrogen-bond donors (Lipinski definition) is 1. The van der Waals surface area contributed by atoms with E-state index >= 15 is 0 Å². The predicted octanol–water partition coefficient (Wildman–Crippen LogP) is 4.04. The number of ether oxygens (including phenoxy) is 1. The molecule has 0 saturated heterocycles. The zero-order valence-electron chi connectivity index (χ0n) is 16.2. The van der Waals surface area contributed by atoms with Gasteiger partial charge in [-0.1, -0.05) is 13.0 Å². The first-order chi connectivity index (χ1) is 12.5. The lowest BCUT2D eigenvalue weighted by molar-refractivity contribution is 0.0950. The number of hydrogen-bond acceptors (Lipinski definition) is 4. The number of aromatic nitrogens is 1. The van der Waals surface area contributed by atoms with Gasteiger partial charge in [0.05, 0.1) is 6.10 Å². The summed E-state index contributed by atoms with van der Waals surface area (Å²) in [5.41, 5.74) is 2.66. The van der Waals surface area contributed by atoms with Crippen molar-refractivity contribution in [3.05, 3.63) is 53.7 Å². The number of carbonyl (C=O) groups excluding carboxylic acids is 1. The molecule has 2 rings (SSSR count). The highest BCUT2D eigenvalue weighted by molar-refractivity contribution is 5.94. The molecule has 1 aromatic heterocycles. The SMILES string of the molecule is CCCN(CC)c1ccc(C(=O)NCc2cccnc2OC(C)C)cc1. The summed E-state index contributed by atoms with van der Waals surface area (Å²) in [6, 6.07) is 11.5. The molecule has 0 fully saturated rings. The van der Waals surface area contributed by atoms with Crippen LogP contribution in [0.4, 0.5) is 5.69 Å². The van der Waals surface area contributed by atoms with E-state index in [0.29, 0.717) is 18.0 Å². The first kappa shape index (κ1) is 19.8. The van der Waals surface area contributed by atoms with Gasteiger partial charge in [-0.05, 0) is 57.5 Å². The van der Waals surface area contributed by atoms with E-state index in [1.54, 1.807) is 6.20 Å². The monoisotopic (exact) mass is 355 g/mol. The largest absolute Gasteiger partial charge is 0.475 e. The molecule has 140 valence electrons. The average Bonchev–Trinajstić information content (AvgIpc) is 2.65. The Labute approximate surface area is 156 Å². The summed E-state index contributed by atoms with van der Waals surface area (Å²) in [7, 11) is 0. The van der Waals surface area contributed by atoms with Crippen LogP contribution in [0.2, 0.25) is 0 Å². The Bertz CT molecular complexity index is 699. The second kappa shape index (κ2) is 9.80. The Balaban J connectivity index is 2.00. The van der Waals surface area contributed by atoms with Crippen LogP contribution in [0.25, 0.3) is 0 Å². The van der Waals surface area contributed by atoms with Crippen molar-refractivity contribution < 1.29 is 9.53 Å². The quantitative estimate of drug-likeness (QED) is 0.738. The van der Waals surface area contributed by atoms with Gasteiger partial charge in [-0.25, -0.2) is 4.98 Å². The molecule has 26 heavy (non-hydrogen) atoms. The molecule has 0 spiro atoms. The average molecular weight is 355 g/mol. The van der Waals surface area contributed by atoms with E-state index < -0.39 is 0 Å². The molecule has 0 atom stereocenters. The third kappa shape index (κ3) is 5.48. The van der Waals surface area contributed by atoms with E-state index in [1.807, 2.05) is 50.2 Å². The molecular formula is C21H29N3O2. The summed E-state index contributed by atoms with van der Waals surface area (Å²) in [6.07, 6.45) is 2.83. The number of anilines is 1. The number of amides is 1. The summed E-state index contributed by atoms with van der Waals surface area (Å²) >= 11 is 0. The van der Waals surface area contributed by atoms with E-state index in [2.05, 4.69) is 29.0 Å². The molecule has 0 aliphatic carbocycles. The normalized spacial score (nSPS) is 10.7. The first-order valence-corrected chi connectivity index (χ1v) is 9.28. The second-order valence-corrected chi connectivity index (χ2v) is 6.44. The van der Waals surface area contributed by atoms with E-state index in [4.69, 9.17) is 4.74 Å². The maximum Gasteiger partial charge on any atom is 0.251 e. The summed E-state index contributed by atoms with van der Waals surface area (Å²) in [5.74, 6) is 0.464. The fourth-order valence-electron chi connectivity index (χ4n) is 2.73. The number of pyridine rings is 1. The standard InChI is InChI=1S/C21H29N3O2/c1-5-14-24(6-2)19-11-9-17(10-12-19)20(25)23-15-18-8-7-13-22-21(18)26-16(3)4/h7-13,16H,5-6,14-15H2,1-4H3,(H,23,25). The van der Waals surface area contributed by atoms with Crippen molar-refractivity contribution >= 4 is 11.6 Å². The van der Waals surface area contributed by atoms with Crippen molar-refractivity contribution in [3.8, 4) is 5.88 Å². The lowest BCUT2D eigenvalue weighted by atomic mass is 10.1. The molecule has 1 heterocycles. The highest BCUT2D eigenvalue weighted by Crippen LogP contribution is 2.17. The number of benzene rings is 1. The minimum absolute atomic E-state index is 0.0385. The number of carbonyl (C=O) groups is 1. The van der Waals surface area contributed by atoms with Gasteiger partial charge in [-0.3, -0.25) is 4.79 Å². The lowest BCUT2D eigenvalue weighted by Crippen LogP contribution is -2.25. The van der Waals surface area contributed by atoms with Crippen LogP contribution in [-0.2, 0) is 6.54 Å². The van der Waals surface area contributed by atoms with Crippen molar-refractivity contribution in [1.29, 1.82) is 0 Å². The van der Waals surface area contributed by atoms with Crippen LogP contribution in [0, 0.1) is 0 Å². The molecule has 1 N–H and O–H groups in total. The summed E-state index contributed by atoms with van der Waals surface area (Å²) < 4.78 is 5.69. The molecule has 0 radical (unpaired) electrons. The zero-order chi connectivity index (χ0) is 18.9. The Morgan fingerprint density at radius 3 is 2.54 bits per heavy atom. The molecule has 0 aliphatic rings. The van der Waals surface area contributed by atoms with Gasteiger partial charge in [0.1, 0.15) is 0 Å². The highest BCUT2D eigenvalue weighted by Gasteiger charge is 2.11. The Hall–Kier alpha value is -2.56. The molecule has 0 bridgehead atoms. The third-order valence-electron chi connectivity index (χ3n) is 4.01. The molecule has 1 amide bonds. The maximum atomic E-state index is 12.4. The minimum Gasteiger partial charge on any atom is -0.475 e. The molecule has 5 nitrogen and oxygen atoms in total. The van der Waals surface area contributed by atoms with Crippen LogP contribution in [-0.4, -0.2) is 30.1 Å². The van der Waals surface area contributed by atoms with Gasteiger partial charge >= 0.3 is 0 Å². The molecule has 1 aromatic carbocycles. The molecule has 0 aliphatic heterocycles. The topological polar surface area (TPSA) is 54.5 Å². The summed E-state index contributed by atoms with van der Waals surface area (Å²) in [4.78, 5) is 19.0. The summed E-state index contributed by atoms with van der Waals surface area (Å²) in [6.45, 7) is 10.6. The Morgan fingerprint density at radius 2 is 1.92 bits per heavy atom. The van der Waals surface area contributed by atoms with Gasteiger partial charge in [-0.15, -0.1) is 0 Å². The Morgan fingerprint density at radius 1 is 1.19 bits per heavy atom. The number of nitrogens with zero attached hydrogens (tertiary/aromatic N) is 2. The van der Waals surface area contributed by atoms with Crippen molar-refractivity contribution in [2.45, 2.75) is 46.8 Å². The van der Waals surface area contributed by atoms with Crippen molar-refractivity contribution in [1.82, 2.24) is 10.3 Å². The highest BCUT2D eigenvalue weighted by atomic mass is 16.5. The molecule has 5 heteroatoms. The van der Waals surface area contributed by atoms with Crippen LogP contribution >= 0.6 is 0 Å². The fraction of sp³-hybridized carbons (Fsp3) is 0.429. The fourth-order valence-corrected chi connectivity index (χ4v) is 2.73. The van der Waals surface area contributed by atoms with Gasteiger partial charge in [0.25, 0.3) is 5.91 Å². The molecular weight excluding hydrogens is 326 g/mol. The summed E-state index contributed by atoms with van der Waals surface area (Å²) in [5, 5.41) is 2.94. The maximum absolute atomic E-state index is 12.4. The number of rotatable bonds is 9. The van der Waals surface area contributed by atoms with E-state index in [-0.39, 0.29) is 12.0 Å². The van der Waals surface area contributed by atoms with E-state index in [1.165, 1.54) is 0 Å². The van der Waals surface area contributed by atoms with Gasteiger partial charge in [0.15, 0.2) is 0 Å². The zero-order valence-corrected chi connectivity index (χ0v) is 16.2. The van der Waals surface area contributed by atoms with Crippen molar-refractivity contribution in [3.63, 3.8) is 0 Å². The van der Waals surface area contributed by atoms with Crippen molar-refractivity contribution in [2.75, 3.05) is 18.0 Å². The van der Waals surface area contributed by atoms with Gasteiger partial charge in [-0.2, -0.15) is 0 Å². The molecule has 0 saturated carbocycles. The molecule has 2 aromatic rings. The van der Waals surface area contributed by atoms with Crippen LogP contribution in [0.15, 0.2) is 42.6 Å². The number of nitrogens with one attached hydrogen (secondary N) is 1. The third-order valence-corrected chi connectivity index (χ3v) is 4.01. The molecule has 0 unspecified atom stereocenters. The first-order valence-electron chi connectivity index (χ1n) is 9.28. The van der Waals surface area contributed by atoms with Gasteiger partial charge < -0.3 is 15.0 Å². The van der Waals surface area contributed by atoms with Gasteiger partial charge in [0, 0.05) is 42.6 Å². The van der Waals surface area contributed by atoms with E-state index in [9.17, 15) is 4.79 Å². The Kier molecular flexibility index (Phi) is 7.45. The van der Waals surface area contributed by atoms with Crippen LogP contribution in [0.5, 0.6) is 5.88 Å². The van der Waals surface area contributed by atoms with Gasteiger partial charge in [0.2, 0.25) is 5.88 Å².